The number of hydrogen-bond acceptors (Lipinski definition) is 1. The van der Waals surface area contributed by atoms with Gasteiger partial charge in [0, 0.05) is 50.7 Å². The monoisotopic (exact) mass is 530 g/mol. The van der Waals surface area contributed by atoms with E-state index in [2.05, 4.69) is 100 Å². The lowest BCUT2D eigenvalue weighted by Crippen LogP contribution is -2.60. The van der Waals surface area contributed by atoms with Gasteiger partial charge >= 0.3 is 0 Å². The van der Waals surface area contributed by atoms with Crippen molar-refractivity contribution in [2.45, 2.75) is 0 Å². The van der Waals surface area contributed by atoms with E-state index < -0.39 is 11.6 Å². The third-order valence-electron chi connectivity index (χ3n) is 8.69. The molecule has 2 aliphatic heterocycles. The second kappa shape index (κ2) is 8.18. The van der Waals surface area contributed by atoms with Crippen molar-refractivity contribution < 1.29 is 8.78 Å². The van der Waals surface area contributed by atoms with Gasteiger partial charge in [-0.05, 0) is 70.5 Å². The Morgan fingerprint density at radius 3 is 2.17 bits per heavy atom. The van der Waals surface area contributed by atoms with Crippen LogP contribution in [0.2, 0.25) is 0 Å². The van der Waals surface area contributed by atoms with Crippen LogP contribution in [-0.2, 0) is 0 Å². The van der Waals surface area contributed by atoms with E-state index in [0.717, 1.165) is 34.3 Å². The number of rotatable bonds is 2. The summed E-state index contributed by atoms with van der Waals surface area (Å²) in [4.78, 5) is 2.28. The number of nitrogens with zero attached hydrogens (tertiary/aromatic N) is 2. The Bertz CT molecular complexity index is 2200. The molecular weight excluding hydrogens is 509 g/mol. The van der Waals surface area contributed by atoms with Gasteiger partial charge in [-0.3, -0.25) is 0 Å². The summed E-state index contributed by atoms with van der Waals surface area (Å²) in [5.74, 6) is -1.16. The lowest BCUT2D eigenvalue weighted by molar-refractivity contribution is 0.585. The van der Waals surface area contributed by atoms with Gasteiger partial charge in [0.2, 0.25) is 0 Å². The molecule has 0 unspecified atom stereocenters. The smallest absolute Gasteiger partial charge is 0.252 e. The first kappa shape index (κ1) is 22.6. The average Bonchev–Trinajstić information content (AvgIpc) is 3.35. The quantitative estimate of drug-likeness (QED) is 0.212. The first-order valence-electron chi connectivity index (χ1n) is 13.8. The SMILES string of the molecule is Fc1ccc(-c2cc3c4c(c2)-n2c5ccccc5c5cccc(c52)B4c2ccccc2N3c2ccccc2)c(F)c1. The van der Waals surface area contributed by atoms with Gasteiger partial charge < -0.3 is 9.47 Å². The van der Waals surface area contributed by atoms with E-state index in [1.165, 1.54) is 38.7 Å². The molecule has 3 heterocycles. The summed E-state index contributed by atoms with van der Waals surface area (Å²) >= 11 is 0. The average molecular weight is 530 g/mol. The molecule has 2 aliphatic rings. The summed E-state index contributed by atoms with van der Waals surface area (Å²) < 4.78 is 31.7. The van der Waals surface area contributed by atoms with Crippen molar-refractivity contribution in [3.05, 3.63) is 139 Å². The molecule has 0 atom stereocenters. The Kier molecular flexibility index (Phi) is 4.52. The van der Waals surface area contributed by atoms with E-state index in [9.17, 15) is 4.39 Å². The highest BCUT2D eigenvalue weighted by atomic mass is 19.1. The first-order chi connectivity index (χ1) is 20.2. The van der Waals surface area contributed by atoms with E-state index >= 15 is 4.39 Å². The molecule has 7 aromatic rings. The van der Waals surface area contributed by atoms with Crippen LogP contribution in [0.3, 0.4) is 0 Å². The Labute approximate surface area is 235 Å². The topological polar surface area (TPSA) is 8.17 Å². The number of fused-ring (bicyclic) bond motifs is 7. The predicted octanol–water partition coefficient (Wildman–Crippen LogP) is 7.34. The predicted molar refractivity (Wildman–Crippen MR) is 165 cm³/mol. The molecule has 0 spiro atoms. The summed E-state index contributed by atoms with van der Waals surface area (Å²) in [6.07, 6.45) is 0. The van der Waals surface area contributed by atoms with Gasteiger partial charge in [-0.25, -0.2) is 8.78 Å². The van der Waals surface area contributed by atoms with Crippen LogP contribution in [0.25, 0.3) is 38.6 Å². The number of para-hydroxylation sites is 4. The van der Waals surface area contributed by atoms with Gasteiger partial charge in [-0.2, -0.15) is 0 Å². The molecule has 0 saturated heterocycles. The van der Waals surface area contributed by atoms with Crippen molar-refractivity contribution in [1.29, 1.82) is 0 Å². The summed E-state index contributed by atoms with van der Waals surface area (Å²) in [6.45, 7) is 0.00351. The number of hydrogen-bond donors (Lipinski definition) is 0. The van der Waals surface area contributed by atoms with Crippen LogP contribution in [0.5, 0.6) is 0 Å². The van der Waals surface area contributed by atoms with Crippen LogP contribution in [-0.4, -0.2) is 11.3 Å². The van der Waals surface area contributed by atoms with Crippen molar-refractivity contribution in [1.82, 2.24) is 4.57 Å². The molecule has 0 saturated carbocycles. The van der Waals surface area contributed by atoms with Gasteiger partial charge in [0.05, 0.1) is 5.52 Å². The molecule has 0 radical (unpaired) electrons. The molecule has 1 aromatic heterocycles. The highest BCUT2D eigenvalue weighted by Crippen LogP contribution is 2.43. The van der Waals surface area contributed by atoms with Crippen LogP contribution < -0.4 is 21.3 Å². The summed E-state index contributed by atoms with van der Waals surface area (Å²) in [7, 11) is 0. The van der Waals surface area contributed by atoms with E-state index in [1.807, 2.05) is 18.2 Å². The van der Waals surface area contributed by atoms with Crippen LogP contribution in [0.4, 0.5) is 25.8 Å². The zero-order chi connectivity index (χ0) is 27.2. The largest absolute Gasteiger partial charge is 0.311 e. The Morgan fingerprint density at radius 2 is 1.29 bits per heavy atom. The molecule has 192 valence electrons. The first-order valence-corrected chi connectivity index (χ1v) is 13.8. The van der Waals surface area contributed by atoms with Gasteiger partial charge in [-0.1, -0.05) is 72.8 Å². The fourth-order valence-corrected chi connectivity index (χ4v) is 7.09. The third kappa shape index (κ3) is 3.00. The number of benzene rings is 6. The van der Waals surface area contributed by atoms with Crippen LogP contribution in [0.1, 0.15) is 0 Å². The molecule has 0 amide bonds. The summed E-state index contributed by atoms with van der Waals surface area (Å²) in [5, 5.41) is 2.38. The maximum Gasteiger partial charge on any atom is 0.252 e. The van der Waals surface area contributed by atoms with Crippen molar-refractivity contribution >= 4 is 62.0 Å². The Morgan fingerprint density at radius 1 is 0.561 bits per heavy atom. The van der Waals surface area contributed by atoms with E-state index in [-0.39, 0.29) is 6.71 Å². The Hall–Kier alpha value is -5.16. The molecule has 41 heavy (non-hydrogen) atoms. The maximum atomic E-state index is 15.4. The number of anilines is 3. The molecule has 2 nitrogen and oxygen atoms in total. The molecule has 9 rings (SSSR count). The van der Waals surface area contributed by atoms with Crippen LogP contribution in [0.15, 0.2) is 127 Å². The van der Waals surface area contributed by atoms with Crippen molar-refractivity contribution in [3.8, 4) is 16.8 Å². The van der Waals surface area contributed by atoms with Crippen LogP contribution >= 0.6 is 0 Å². The summed E-state index contributed by atoms with van der Waals surface area (Å²) in [5.41, 5.74) is 11.2. The second-order valence-electron chi connectivity index (χ2n) is 10.8. The minimum atomic E-state index is -0.586. The van der Waals surface area contributed by atoms with Gasteiger partial charge in [0.1, 0.15) is 11.6 Å². The van der Waals surface area contributed by atoms with Gasteiger partial charge in [0.15, 0.2) is 0 Å². The molecule has 0 fully saturated rings. The van der Waals surface area contributed by atoms with Crippen molar-refractivity contribution in [3.63, 3.8) is 0 Å². The van der Waals surface area contributed by atoms with Gasteiger partial charge in [-0.15, -0.1) is 0 Å². The van der Waals surface area contributed by atoms with Crippen molar-refractivity contribution in [2.24, 2.45) is 0 Å². The molecule has 5 heteroatoms. The summed E-state index contributed by atoms with van der Waals surface area (Å²) in [6, 6.07) is 42.0. The number of aromatic nitrogens is 1. The highest BCUT2D eigenvalue weighted by Gasteiger charge is 2.42. The zero-order valence-corrected chi connectivity index (χ0v) is 21.9. The maximum absolute atomic E-state index is 15.4. The van der Waals surface area contributed by atoms with E-state index in [4.69, 9.17) is 0 Å². The Balaban J connectivity index is 1.49. The lowest BCUT2D eigenvalue weighted by Gasteiger charge is -2.40. The molecule has 0 N–H and O–H groups in total. The number of halogens is 2. The molecule has 0 aliphatic carbocycles. The molecule has 0 bridgehead atoms. The van der Waals surface area contributed by atoms with Crippen LogP contribution in [0, 0.1) is 11.6 Å². The molecular formula is C36H21BF2N2. The highest BCUT2D eigenvalue weighted by molar-refractivity contribution is 7.00. The van der Waals surface area contributed by atoms with E-state index in [0.29, 0.717) is 11.1 Å². The van der Waals surface area contributed by atoms with Gasteiger partial charge in [0.25, 0.3) is 6.71 Å². The zero-order valence-electron chi connectivity index (χ0n) is 21.9. The minimum absolute atomic E-state index is 0.00351. The minimum Gasteiger partial charge on any atom is -0.311 e. The standard InChI is InChI=1S/C36H21BF2N2/c38-23-17-18-25(30(39)21-23)22-19-33-35-34(20-22)41-31-15-6-4-11-26(31)27-12-8-14-29(36(27)41)37(35)28-13-5-7-16-32(28)40(33)24-9-2-1-3-10-24/h1-21H. The fourth-order valence-electron chi connectivity index (χ4n) is 7.09. The second-order valence-corrected chi connectivity index (χ2v) is 10.8. The lowest BCUT2D eigenvalue weighted by atomic mass is 9.33. The van der Waals surface area contributed by atoms with E-state index in [1.54, 1.807) is 6.07 Å². The van der Waals surface area contributed by atoms with Crippen molar-refractivity contribution in [2.75, 3.05) is 4.90 Å². The third-order valence-corrected chi connectivity index (χ3v) is 8.69. The molecule has 6 aromatic carbocycles. The fraction of sp³-hybridized carbons (Fsp3) is 0. The normalized spacial score (nSPS) is 13.0.